The molecule has 0 bridgehead atoms. The summed E-state index contributed by atoms with van der Waals surface area (Å²) in [5, 5.41) is 18.0. The smallest absolute Gasteiger partial charge is 0.320 e. The fourth-order valence-electron chi connectivity index (χ4n) is 2.60. The Morgan fingerprint density at radius 1 is 1.29 bits per heavy atom. The van der Waals surface area contributed by atoms with Crippen molar-refractivity contribution in [3.05, 3.63) is 0 Å². The molecule has 0 aromatic carbocycles. The molecule has 1 aliphatic carbocycles. The summed E-state index contributed by atoms with van der Waals surface area (Å²) in [5.41, 5.74) is 0. The summed E-state index contributed by atoms with van der Waals surface area (Å²) < 4.78 is 23.3. The third kappa shape index (κ3) is 4.07. The number of hydrogen-bond acceptors (Lipinski definition) is 5. The Morgan fingerprint density at radius 3 is 2.48 bits per heavy atom. The average molecular weight is 320 g/mol. The number of hydrogen-bond donors (Lipinski definition) is 2. The number of carbonyl (C=O) groups excluding carboxylic acids is 1. The van der Waals surface area contributed by atoms with E-state index in [1.807, 2.05) is 0 Å². The maximum absolute atomic E-state index is 12.5. The normalized spacial score (nSPS) is 24.6. The van der Waals surface area contributed by atoms with E-state index >= 15 is 0 Å². The number of aliphatic hydroxyl groups is 1. The summed E-state index contributed by atoms with van der Waals surface area (Å²) in [5.74, 6) is -1.59. The number of carboxylic acids is 1. The number of aliphatic hydroxyl groups excluding tert-OH is 1. The molecule has 2 aliphatic rings. The standard InChI is InChI=1S/C12H20N2O6S/c15-5-3-13(9-1-2-9)12(18)14-4-6-21(19,20)8-10(14)7-11(16)17/h9-10,15H,1-8H2,(H,16,17). The van der Waals surface area contributed by atoms with Gasteiger partial charge in [0.15, 0.2) is 9.84 Å². The minimum absolute atomic E-state index is 0.00770. The molecule has 0 aromatic rings. The number of amides is 2. The van der Waals surface area contributed by atoms with Crippen molar-refractivity contribution in [2.75, 3.05) is 31.2 Å². The number of nitrogens with zero attached hydrogens (tertiary/aromatic N) is 2. The molecule has 8 nitrogen and oxygen atoms in total. The zero-order chi connectivity index (χ0) is 15.6. The van der Waals surface area contributed by atoms with E-state index < -0.39 is 21.8 Å². The molecular formula is C12H20N2O6S. The molecule has 1 unspecified atom stereocenters. The van der Waals surface area contributed by atoms with E-state index in [2.05, 4.69) is 0 Å². The van der Waals surface area contributed by atoms with Crippen LogP contribution in [0.4, 0.5) is 4.79 Å². The van der Waals surface area contributed by atoms with E-state index in [4.69, 9.17) is 10.2 Å². The van der Waals surface area contributed by atoms with Gasteiger partial charge in [-0.05, 0) is 12.8 Å². The molecule has 1 saturated carbocycles. The third-order valence-electron chi connectivity index (χ3n) is 3.76. The molecule has 0 aromatic heterocycles. The van der Waals surface area contributed by atoms with Crippen molar-refractivity contribution in [1.29, 1.82) is 0 Å². The van der Waals surface area contributed by atoms with Gasteiger partial charge in [0, 0.05) is 19.1 Å². The van der Waals surface area contributed by atoms with Crippen molar-refractivity contribution >= 4 is 21.8 Å². The molecule has 0 radical (unpaired) electrons. The van der Waals surface area contributed by atoms with Crippen LogP contribution in [0, 0.1) is 0 Å². The summed E-state index contributed by atoms with van der Waals surface area (Å²) in [4.78, 5) is 26.3. The van der Waals surface area contributed by atoms with E-state index in [9.17, 15) is 18.0 Å². The molecule has 2 fully saturated rings. The molecule has 1 aliphatic heterocycles. The van der Waals surface area contributed by atoms with Crippen molar-refractivity contribution in [2.45, 2.75) is 31.3 Å². The first kappa shape index (κ1) is 16.0. The third-order valence-corrected chi connectivity index (χ3v) is 5.46. The van der Waals surface area contributed by atoms with E-state index in [1.54, 1.807) is 0 Å². The Morgan fingerprint density at radius 2 is 1.95 bits per heavy atom. The Bertz CT molecular complexity index is 516. The van der Waals surface area contributed by atoms with E-state index in [0.717, 1.165) is 12.8 Å². The van der Waals surface area contributed by atoms with Crippen molar-refractivity contribution in [2.24, 2.45) is 0 Å². The largest absolute Gasteiger partial charge is 0.481 e. The topological polar surface area (TPSA) is 115 Å². The monoisotopic (exact) mass is 320 g/mol. The molecule has 120 valence electrons. The van der Waals surface area contributed by atoms with Crippen LogP contribution in [0.2, 0.25) is 0 Å². The van der Waals surface area contributed by atoms with E-state index in [0.29, 0.717) is 0 Å². The molecule has 1 atom stereocenters. The molecule has 21 heavy (non-hydrogen) atoms. The second-order valence-corrected chi connectivity index (χ2v) is 7.72. The van der Waals surface area contributed by atoms with Gasteiger partial charge in [0.1, 0.15) is 0 Å². The van der Waals surface area contributed by atoms with Gasteiger partial charge in [-0.3, -0.25) is 4.79 Å². The number of aliphatic carboxylic acids is 1. The molecule has 0 spiro atoms. The molecule has 2 amide bonds. The maximum atomic E-state index is 12.5. The first-order chi connectivity index (χ1) is 9.84. The lowest BCUT2D eigenvalue weighted by Gasteiger charge is -2.38. The van der Waals surface area contributed by atoms with Crippen molar-refractivity contribution in [3.63, 3.8) is 0 Å². The summed E-state index contributed by atoms with van der Waals surface area (Å²) >= 11 is 0. The molecule has 1 saturated heterocycles. The van der Waals surface area contributed by atoms with Gasteiger partial charge in [0.05, 0.1) is 30.6 Å². The predicted octanol–water partition coefficient (Wildman–Crippen LogP) is -0.863. The zero-order valence-corrected chi connectivity index (χ0v) is 12.5. The van der Waals surface area contributed by atoms with Gasteiger partial charge in [-0.2, -0.15) is 0 Å². The molecule has 1 heterocycles. The highest BCUT2D eigenvalue weighted by Crippen LogP contribution is 2.29. The highest BCUT2D eigenvalue weighted by molar-refractivity contribution is 7.91. The first-order valence-corrected chi connectivity index (χ1v) is 8.76. The van der Waals surface area contributed by atoms with Gasteiger partial charge in [-0.1, -0.05) is 0 Å². The fraction of sp³-hybridized carbons (Fsp3) is 0.833. The van der Waals surface area contributed by atoms with Gasteiger partial charge in [-0.15, -0.1) is 0 Å². The zero-order valence-electron chi connectivity index (χ0n) is 11.6. The van der Waals surface area contributed by atoms with E-state index in [1.165, 1.54) is 9.80 Å². The van der Waals surface area contributed by atoms with Crippen LogP contribution >= 0.6 is 0 Å². The highest BCUT2D eigenvalue weighted by Gasteiger charge is 2.40. The van der Waals surface area contributed by atoms with Crippen molar-refractivity contribution in [1.82, 2.24) is 9.80 Å². The van der Waals surface area contributed by atoms with Gasteiger partial charge < -0.3 is 20.0 Å². The predicted molar refractivity (Wildman–Crippen MR) is 73.6 cm³/mol. The lowest BCUT2D eigenvalue weighted by atomic mass is 10.2. The number of rotatable bonds is 5. The second-order valence-electron chi connectivity index (χ2n) is 5.49. The first-order valence-electron chi connectivity index (χ1n) is 6.94. The van der Waals surface area contributed by atoms with Crippen molar-refractivity contribution < 1.29 is 28.2 Å². The number of urea groups is 1. The lowest BCUT2D eigenvalue weighted by molar-refractivity contribution is -0.138. The fourth-order valence-corrected chi connectivity index (χ4v) is 4.13. The maximum Gasteiger partial charge on any atom is 0.320 e. The lowest BCUT2D eigenvalue weighted by Crippen LogP contribution is -2.56. The van der Waals surface area contributed by atoms with Crippen LogP contribution in [0.3, 0.4) is 0 Å². The Kier molecular flexibility index (Phi) is 4.72. The summed E-state index contributed by atoms with van der Waals surface area (Å²) in [7, 11) is -3.31. The number of sulfone groups is 1. The Balaban J connectivity index is 2.14. The summed E-state index contributed by atoms with van der Waals surface area (Å²) in [6.07, 6.45) is 1.34. The SMILES string of the molecule is O=C(O)CC1CS(=O)(=O)CCN1C(=O)N(CCO)C1CC1. The van der Waals surface area contributed by atoms with Crippen LogP contribution in [-0.2, 0) is 14.6 Å². The summed E-state index contributed by atoms with van der Waals surface area (Å²) in [6, 6.07) is -1.13. The van der Waals surface area contributed by atoms with Crippen LogP contribution in [0.15, 0.2) is 0 Å². The Labute approximate surface area is 123 Å². The van der Waals surface area contributed by atoms with Gasteiger partial charge in [0.25, 0.3) is 0 Å². The minimum Gasteiger partial charge on any atom is -0.481 e. The van der Waals surface area contributed by atoms with Crippen LogP contribution in [0.25, 0.3) is 0 Å². The molecular weight excluding hydrogens is 300 g/mol. The molecule has 2 N–H and O–H groups in total. The molecule has 9 heteroatoms. The number of carboxylic acid groups (broad SMARTS) is 1. The summed E-state index contributed by atoms with van der Waals surface area (Å²) in [6.45, 7) is 0.0261. The van der Waals surface area contributed by atoms with Crippen LogP contribution < -0.4 is 0 Å². The van der Waals surface area contributed by atoms with Crippen molar-refractivity contribution in [3.8, 4) is 0 Å². The average Bonchev–Trinajstić information content (AvgIpc) is 3.17. The highest BCUT2D eigenvalue weighted by atomic mass is 32.2. The second kappa shape index (κ2) is 6.18. The minimum atomic E-state index is -3.31. The van der Waals surface area contributed by atoms with Gasteiger partial charge in [-0.25, -0.2) is 13.2 Å². The molecule has 2 rings (SSSR count). The number of carbonyl (C=O) groups is 2. The van der Waals surface area contributed by atoms with Crippen LogP contribution in [0.1, 0.15) is 19.3 Å². The Hall–Kier alpha value is -1.35. The van der Waals surface area contributed by atoms with Crippen LogP contribution in [-0.4, -0.2) is 83.7 Å². The quantitative estimate of drug-likeness (QED) is 0.681. The van der Waals surface area contributed by atoms with Gasteiger partial charge >= 0.3 is 12.0 Å². The van der Waals surface area contributed by atoms with Crippen LogP contribution in [0.5, 0.6) is 0 Å². The van der Waals surface area contributed by atoms with E-state index in [-0.39, 0.29) is 49.7 Å². The van der Waals surface area contributed by atoms with Gasteiger partial charge in [0.2, 0.25) is 0 Å².